The maximum absolute atomic E-state index is 13.1. The molecule has 0 spiro atoms. The summed E-state index contributed by atoms with van der Waals surface area (Å²) in [6.45, 7) is 2.77. The van der Waals surface area contributed by atoms with Gasteiger partial charge in [-0.3, -0.25) is 0 Å². The zero-order chi connectivity index (χ0) is 13.0. The topological polar surface area (TPSA) is 29.5 Å². The summed E-state index contributed by atoms with van der Waals surface area (Å²) in [6, 6.07) is 4.58. The Morgan fingerprint density at radius 3 is 3.06 bits per heavy atom. The SMILES string of the molecule is Cc1ccc(F)cc1C(O)CCCC1CCCO1. The molecule has 1 aromatic rings. The summed E-state index contributed by atoms with van der Waals surface area (Å²) >= 11 is 0. The highest BCUT2D eigenvalue weighted by molar-refractivity contribution is 5.28. The van der Waals surface area contributed by atoms with E-state index in [0.29, 0.717) is 18.1 Å². The molecule has 0 radical (unpaired) electrons. The Balaban J connectivity index is 1.83. The van der Waals surface area contributed by atoms with E-state index in [9.17, 15) is 9.50 Å². The molecule has 1 N–H and O–H groups in total. The van der Waals surface area contributed by atoms with Crippen LogP contribution in [0.3, 0.4) is 0 Å². The number of aryl methyl sites for hydroxylation is 1. The molecule has 2 unspecified atom stereocenters. The fourth-order valence-electron chi connectivity index (χ4n) is 2.54. The lowest BCUT2D eigenvalue weighted by Crippen LogP contribution is -2.06. The first kappa shape index (κ1) is 13.5. The predicted molar refractivity (Wildman–Crippen MR) is 68.9 cm³/mol. The number of halogens is 1. The van der Waals surface area contributed by atoms with Gasteiger partial charge in [-0.2, -0.15) is 0 Å². The van der Waals surface area contributed by atoms with E-state index in [1.165, 1.54) is 12.1 Å². The van der Waals surface area contributed by atoms with E-state index < -0.39 is 6.10 Å². The second kappa shape index (κ2) is 6.30. The summed E-state index contributed by atoms with van der Waals surface area (Å²) in [5.74, 6) is -0.284. The van der Waals surface area contributed by atoms with Crippen molar-refractivity contribution in [2.24, 2.45) is 0 Å². The molecule has 0 aliphatic carbocycles. The Bertz CT molecular complexity index is 386. The van der Waals surface area contributed by atoms with Crippen LogP contribution in [0.15, 0.2) is 18.2 Å². The number of aliphatic hydroxyl groups excluding tert-OH is 1. The minimum Gasteiger partial charge on any atom is -0.388 e. The van der Waals surface area contributed by atoms with Crippen LogP contribution < -0.4 is 0 Å². The maximum Gasteiger partial charge on any atom is 0.123 e. The van der Waals surface area contributed by atoms with E-state index in [1.807, 2.05) is 6.92 Å². The molecule has 1 aromatic carbocycles. The first-order valence-electron chi connectivity index (χ1n) is 6.72. The molecule has 1 aliphatic heterocycles. The summed E-state index contributed by atoms with van der Waals surface area (Å²) < 4.78 is 18.7. The lowest BCUT2D eigenvalue weighted by atomic mass is 9.98. The van der Waals surface area contributed by atoms with Crippen LogP contribution >= 0.6 is 0 Å². The Morgan fingerprint density at radius 2 is 2.33 bits per heavy atom. The van der Waals surface area contributed by atoms with Crippen LogP contribution in [0.2, 0.25) is 0 Å². The summed E-state index contributed by atoms with van der Waals surface area (Å²) in [7, 11) is 0. The molecule has 0 aromatic heterocycles. The van der Waals surface area contributed by atoms with Crippen molar-refractivity contribution in [3.05, 3.63) is 35.1 Å². The largest absolute Gasteiger partial charge is 0.388 e. The zero-order valence-electron chi connectivity index (χ0n) is 10.9. The summed E-state index contributed by atoms with van der Waals surface area (Å²) in [4.78, 5) is 0. The molecule has 2 nitrogen and oxygen atoms in total. The van der Waals surface area contributed by atoms with Crippen LogP contribution in [0.1, 0.15) is 49.3 Å². The van der Waals surface area contributed by atoms with Crippen LogP contribution in [-0.2, 0) is 4.74 Å². The van der Waals surface area contributed by atoms with Crippen LogP contribution in [0.25, 0.3) is 0 Å². The quantitative estimate of drug-likeness (QED) is 0.868. The molecular weight excluding hydrogens is 231 g/mol. The smallest absolute Gasteiger partial charge is 0.123 e. The predicted octanol–water partition coefficient (Wildman–Crippen LogP) is 3.52. The lowest BCUT2D eigenvalue weighted by Gasteiger charge is -2.15. The summed E-state index contributed by atoms with van der Waals surface area (Å²) in [5, 5.41) is 10.1. The zero-order valence-corrected chi connectivity index (χ0v) is 10.9. The number of rotatable bonds is 5. The number of benzene rings is 1. The molecule has 1 aliphatic rings. The van der Waals surface area contributed by atoms with Gasteiger partial charge in [0.05, 0.1) is 12.2 Å². The number of hydrogen-bond acceptors (Lipinski definition) is 2. The third-order valence-corrected chi connectivity index (χ3v) is 3.63. The van der Waals surface area contributed by atoms with Gasteiger partial charge in [0.15, 0.2) is 0 Å². The normalized spacial score (nSPS) is 21.2. The van der Waals surface area contributed by atoms with E-state index in [4.69, 9.17) is 4.74 Å². The lowest BCUT2D eigenvalue weighted by molar-refractivity contribution is 0.0943. The first-order chi connectivity index (χ1) is 8.66. The molecule has 0 bridgehead atoms. The molecule has 2 atom stereocenters. The molecule has 2 rings (SSSR count). The fraction of sp³-hybridized carbons (Fsp3) is 0.600. The minimum atomic E-state index is -0.567. The Kier molecular flexibility index (Phi) is 4.72. The second-order valence-electron chi connectivity index (χ2n) is 5.08. The number of ether oxygens (including phenoxy) is 1. The van der Waals surface area contributed by atoms with E-state index in [2.05, 4.69) is 0 Å². The van der Waals surface area contributed by atoms with Gasteiger partial charge in [-0.05, 0) is 62.3 Å². The third-order valence-electron chi connectivity index (χ3n) is 3.63. The van der Waals surface area contributed by atoms with Crippen LogP contribution in [0.4, 0.5) is 4.39 Å². The van der Waals surface area contributed by atoms with E-state index in [1.54, 1.807) is 6.07 Å². The minimum absolute atomic E-state index is 0.284. The van der Waals surface area contributed by atoms with Gasteiger partial charge in [0.25, 0.3) is 0 Å². The Labute approximate surface area is 108 Å². The van der Waals surface area contributed by atoms with Crippen molar-refractivity contribution in [3.63, 3.8) is 0 Å². The van der Waals surface area contributed by atoms with Crippen LogP contribution in [0, 0.1) is 12.7 Å². The summed E-state index contributed by atoms with van der Waals surface area (Å²) in [6.07, 6.45) is 4.66. The third kappa shape index (κ3) is 3.53. The van der Waals surface area contributed by atoms with E-state index in [0.717, 1.165) is 37.9 Å². The molecule has 1 saturated heterocycles. The van der Waals surface area contributed by atoms with E-state index >= 15 is 0 Å². The molecular formula is C15H21FO2. The van der Waals surface area contributed by atoms with E-state index in [-0.39, 0.29) is 5.82 Å². The van der Waals surface area contributed by atoms with Crippen molar-refractivity contribution in [3.8, 4) is 0 Å². The summed E-state index contributed by atoms with van der Waals surface area (Å²) in [5.41, 5.74) is 1.66. The average Bonchev–Trinajstić information content (AvgIpc) is 2.85. The Morgan fingerprint density at radius 1 is 1.50 bits per heavy atom. The van der Waals surface area contributed by atoms with Crippen molar-refractivity contribution in [2.45, 2.75) is 51.2 Å². The van der Waals surface area contributed by atoms with Gasteiger partial charge < -0.3 is 9.84 Å². The van der Waals surface area contributed by atoms with Crippen molar-refractivity contribution in [1.29, 1.82) is 0 Å². The van der Waals surface area contributed by atoms with Gasteiger partial charge >= 0.3 is 0 Å². The maximum atomic E-state index is 13.1. The molecule has 0 saturated carbocycles. The van der Waals surface area contributed by atoms with Gasteiger partial charge in [-0.15, -0.1) is 0 Å². The van der Waals surface area contributed by atoms with Gasteiger partial charge in [-0.25, -0.2) is 4.39 Å². The van der Waals surface area contributed by atoms with Crippen LogP contribution in [-0.4, -0.2) is 17.8 Å². The molecule has 100 valence electrons. The first-order valence-corrected chi connectivity index (χ1v) is 6.72. The highest BCUT2D eigenvalue weighted by atomic mass is 19.1. The molecule has 1 heterocycles. The number of hydrogen-bond donors (Lipinski definition) is 1. The van der Waals surface area contributed by atoms with Crippen molar-refractivity contribution in [1.82, 2.24) is 0 Å². The second-order valence-corrected chi connectivity index (χ2v) is 5.08. The van der Waals surface area contributed by atoms with Gasteiger partial charge in [0, 0.05) is 6.61 Å². The Hall–Kier alpha value is -0.930. The van der Waals surface area contributed by atoms with Gasteiger partial charge in [-0.1, -0.05) is 6.07 Å². The van der Waals surface area contributed by atoms with Gasteiger partial charge in [0.2, 0.25) is 0 Å². The monoisotopic (exact) mass is 252 g/mol. The van der Waals surface area contributed by atoms with Gasteiger partial charge in [0.1, 0.15) is 5.82 Å². The molecule has 1 fully saturated rings. The highest BCUT2D eigenvalue weighted by Gasteiger charge is 2.17. The van der Waals surface area contributed by atoms with Crippen molar-refractivity contribution < 1.29 is 14.2 Å². The van der Waals surface area contributed by atoms with Crippen LogP contribution in [0.5, 0.6) is 0 Å². The standard InChI is InChI=1S/C15H21FO2/c1-11-7-8-12(16)10-14(11)15(17)6-2-4-13-5-3-9-18-13/h7-8,10,13,15,17H,2-6,9H2,1H3. The van der Waals surface area contributed by atoms with Crippen molar-refractivity contribution >= 4 is 0 Å². The molecule has 3 heteroatoms. The van der Waals surface area contributed by atoms with Crippen molar-refractivity contribution in [2.75, 3.05) is 6.61 Å². The molecule has 0 amide bonds. The highest BCUT2D eigenvalue weighted by Crippen LogP contribution is 2.25. The average molecular weight is 252 g/mol. The fourth-order valence-corrected chi connectivity index (χ4v) is 2.54. The molecule has 18 heavy (non-hydrogen) atoms. The number of aliphatic hydroxyl groups is 1.